The lowest BCUT2D eigenvalue weighted by Crippen LogP contribution is -2.24. The molecule has 0 fully saturated rings. The van der Waals surface area contributed by atoms with Gasteiger partial charge in [0.15, 0.2) is 0 Å². The van der Waals surface area contributed by atoms with E-state index in [1.54, 1.807) is 11.3 Å². The molecule has 4 nitrogen and oxygen atoms in total. The van der Waals surface area contributed by atoms with Crippen molar-refractivity contribution < 1.29 is 0 Å². The number of aromatic nitrogens is 2. The van der Waals surface area contributed by atoms with Crippen LogP contribution in [0.2, 0.25) is 0 Å². The summed E-state index contributed by atoms with van der Waals surface area (Å²) < 4.78 is 0. The summed E-state index contributed by atoms with van der Waals surface area (Å²) in [6.45, 7) is 5.41. The Morgan fingerprint density at radius 3 is 2.82 bits per heavy atom. The van der Waals surface area contributed by atoms with Crippen molar-refractivity contribution in [1.29, 1.82) is 0 Å². The van der Waals surface area contributed by atoms with Gasteiger partial charge in [0.05, 0.1) is 5.39 Å². The molecule has 0 atom stereocenters. The first-order valence-electron chi connectivity index (χ1n) is 5.76. The topological polar surface area (TPSA) is 41.1 Å². The average Bonchev–Trinajstić information content (AvgIpc) is 2.74. The van der Waals surface area contributed by atoms with Gasteiger partial charge in [-0.15, -0.1) is 11.3 Å². The van der Waals surface area contributed by atoms with Gasteiger partial charge in [-0.2, -0.15) is 4.98 Å². The van der Waals surface area contributed by atoms with E-state index in [4.69, 9.17) is 0 Å². The predicted molar refractivity (Wildman–Crippen MR) is 75.1 cm³/mol. The molecule has 0 aliphatic carbocycles. The Bertz CT molecular complexity index is 506. The van der Waals surface area contributed by atoms with Crippen molar-refractivity contribution >= 4 is 33.3 Å². The van der Waals surface area contributed by atoms with E-state index in [1.165, 1.54) is 0 Å². The second kappa shape index (κ2) is 4.87. The standard InChI is InChI=1S/C12H18N4S/c1-8(2)7-16(4)10-9-5-6-17-11(9)15-12(13-3)14-10/h5-6,8H,7H2,1-4H3,(H,13,14,15). The molecule has 0 spiro atoms. The van der Waals surface area contributed by atoms with Gasteiger partial charge in [0.1, 0.15) is 10.6 Å². The van der Waals surface area contributed by atoms with E-state index in [-0.39, 0.29) is 0 Å². The van der Waals surface area contributed by atoms with E-state index in [1.807, 2.05) is 7.05 Å². The summed E-state index contributed by atoms with van der Waals surface area (Å²) in [6, 6.07) is 2.09. The van der Waals surface area contributed by atoms with Gasteiger partial charge in [-0.1, -0.05) is 13.8 Å². The fourth-order valence-corrected chi connectivity index (χ4v) is 2.64. The summed E-state index contributed by atoms with van der Waals surface area (Å²) >= 11 is 1.65. The molecule has 17 heavy (non-hydrogen) atoms. The van der Waals surface area contributed by atoms with Crippen LogP contribution in [0, 0.1) is 5.92 Å². The molecule has 0 aromatic carbocycles. The molecule has 2 heterocycles. The molecule has 5 heteroatoms. The lowest BCUT2D eigenvalue weighted by atomic mass is 10.2. The largest absolute Gasteiger partial charge is 0.359 e. The van der Waals surface area contributed by atoms with E-state index in [0.717, 1.165) is 22.6 Å². The predicted octanol–water partition coefficient (Wildman–Crippen LogP) is 2.83. The van der Waals surface area contributed by atoms with E-state index in [9.17, 15) is 0 Å². The first-order valence-corrected chi connectivity index (χ1v) is 6.64. The zero-order valence-electron chi connectivity index (χ0n) is 10.7. The molecule has 0 saturated heterocycles. The third-order valence-electron chi connectivity index (χ3n) is 2.53. The molecule has 2 aromatic rings. The molecule has 1 N–H and O–H groups in total. The van der Waals surface area contributed by atoms with Crippen LogP contribution in [0.1, 0.15) is 13.8 Å². The highest BCUT2D eigenvalue weighted by atomic mass is 32.1. The number of anilines is 2. The number of rotatable bonds is 4. The molecule has 92 valence electrons. The van der Waals surface area contributed by atoms with Crippen LogP contribution in [0.4, 0.5) is 11.8 Å². The summed E-state index contributed by atoms with van der Waals surface area (Å²) in [5, 5.41) is 6.21. The van der Waals surface area contributed by atoms with Crippen molar-refractivity contribution in [3.63, 3.8) is 0 Å². The van der Waals surface area contributed by atoms with Crippen LogP contribution in [0.15, 0.2) is 11.4 Å². The monoisotopic (exact) mass is 250 g/mol. The molecular weight excluding hydrogens is 232 g/mol. The van der Waals surface area contributed by atoms with Gasteiger partial charge < -0.3 is 10.2 Å². The summed E-state index contributed by atoms with van der Waals surface area (Å²) in [7, 11) is 3.93. The van der Waals surface area contributed by atoms with Gasteiger partial charge in [-0.05, 0) is 17.4 Å². The fourth-order valence-electron chi connectivity index (χ4n) is 1.88. The minimum Gasteiger partial charge on any atom is -0.359 e. The summed E-state index contributed by atoms with van der Waals surface area (Å²) in [5.74, 6) is 2.31. The van der Waals surface area contributed by atoms with Crippen molar-refractivity contribution in [2.45, 2.75) is 13.8 Å². The van der Waals surface area contributed by atoms with Gasteiger partial charge in [0, 0.05) is 20.6 Å². The third-order valence-corrected chi connectivity index (χ3v) is 3.34. The molecular formula is C12H18N4S. The Morgan fingerprint density at radius 2 is 2.18 bits per heavy atom. The Hall–Kier alpha value is -1.36. The second-order valence-corrected chi connectivity index (χ2v) is 5.43. The van der Waals surface area contributed by atoms with Gasteiger partial charge in [-0.3, -0.25) is 0 Å². The Kier molecular flexibility index (Phi) is 3.47. The number of nitrogens with one attached hydrogen (secondary N) is 1. The molecule has 0 saturated carbocycles. The van der Waals surface area contributed by atoms with Crippen LogP contribution in [0.25, 0.3) is 10.2 Å². The quantitative estimate of drug-likeness (QED) is 0.906. The van der Waals surface area contributed by atoms with E-state index < -0.39 is 0 Å². The van der Waals surface area contributed by atoms with Crippen LogP contribution in [-0.2, 0) is 0 Å². The molecule has 2 rings (SSSR count). The third kappa shape index (κ3) is 2.49. The Morgan fingerprint density at radius 1 is 1.41 bits per heavy atom. The fraction of sp³-hybridized carbons (Fsp3) is 0.500. The van der Waals surface area contributed by atoms with Crippen molar-refractivity contribution in [2.75, 3.05) is 30.9 Å². The average molecular weight is 250 g/mol. The summed E-state index contributed by atoms with van der Waals surface area (Å²) in [4.78, 5) is 12.2. The maximum atomic E-state index is 4.55. The van der Waals surface area contributed by atoms with Gasteiger partial charge >= 0.3 is 0 Å². The highest BCUT2D eigenvalue weighted by Gasteiger charge is 2.12. The number of thiophene rings is 1. The molecule has 0 aliphatic rings. The normalized spacial score (nSPS) is 11.1. The SMILES string of the molecule is CNc1nc(N(C)CC(C)C)c2ccsc2n1. The highest BCUT2D eigenvalue weighted by molar-refractivity contribution is 7.16. The highest BCUT2D eigenvalue weighted by Crippen LogP contribution is 2.28. The molecule has 0 unspecified atom stereocenters. The van der Waals surface area contributed by atoms with Crippen molar-refractivity contribution in [3.8, 4) is 0 Å². The molecule has 0 amide bonds. The van der Waals surface area contributed by atoms with Crippen molar-refractivity contribution in [3.05, 3.63) is 11.4 Å². The Labute approximate surface area is 106 Å². The summed E-state index contributed by atoms with van der Waals surface area (Å²) in [5.41, 5.74) is 0. The first-order chi connectivity index (χ1) is 8.11. The van der Waals surface area contributed by atoms with Crippen LogP contribution < -0.4 is 10.2 Å². The van der Waals surface area contributed by atoms with Crippen LogP contribution in [-0.4, -0.2) is 30.6 Å². The number of nitrogens with zero attached hydrogens (tertiary/aromatic N) is 3. The zero-order valence-corrected chi connectivity index (χ0v) is 11.5. The number of hydrogen-bond donors (Lipinski definition) is 1. The molecule has 0 aliphatic heterocycles. The lowest BCUT2D eigenvalue weighted by molar-refractivity contribution is 0.636. The maximum absolute atomic E-state index is 4.55. The van der Waals surface area contributed by atoms with Gasteiger partial charge in [0.2, 0.25) is 5.95 Å². The molecule has 0 radical (unpaired) electrons. The van der Waals surface area contributed by atoms with Gasteiger partial charge in [-0.25, -0.2) is 4.98 Å². The first kappa shape index (κ1) is 12.1. The number of hydrogen-bond acceptors (Lipinski definition) is 5. The van der Waals surface area contributed by atoms with E-state index in [0.29, 0.717) is 11.9 Å². The lowest BCUT2D eigenvalue weighted by Gasteiger charge is -2.21. The van der Waals surface area contributed by atoms with E-state index >= 15 is 0 Å². The van der Waals surface area contributed by atoms with Crippen LogP contribution in [0.5, 0.6) is 0 Å². The number of fused-ring (bicyclic) bond motifs is 1. The second-order valence-electron chi connectivity index (χ2n) is 4.53. The van der Waals surface area contributed by atoms with E-state index in [2.05, 4.69) is 52.5 Å². The summed E-state index contributed by atoms with van der Waals surface area (Å²) in [6.07, 6.45) is 0. The smallest absolute Gasteiger partial charge is 0.225 e. The van der Waals surface area contributed by atoms with Gasteiger partial charge in [0.25, 0.3) is 0 Å². The van der Waals surface area contributed by atoms with Crippen molar-refractivity contribution in [2.24, 2.45) is 5.92 Å². The minimum atomic E-state index is 0.613. The van der Waals surface area contributed by atoms with Crippen LogP contribution in [0.3, 0.4) is 0 Å². The zero-order chi connectivity index (χ0) is 12.4. The molecule has 0 bridgehead atoms. The minimum absolute atomic E-state index is 0.613. The Balaban J connectivity index is 2.46. The van der Waals surface area contributed by atoms with Crippen LogP contribution >= 0.6 is 11.3 Å². The molecule has 2 aromatic heterocycles. The maximum Gasteiger partial charge on any atom is 0.225 e. The van der Waals surface area contributed by atoms with Crippen molar-refractivity contribution in [1.82, 2.24) is 9.97 Å².